The van der Waals surface area contributed by atoms with E-state index in [1.807, 2.05) is 0 Å². The Kier molecular flexibility index (Phi) is 4.42. The van der Waals surface area contributed by atoms with Crippen molar-refractivity contribution >= 4 is 5.78 Å². The van der Waals surface area contributed by atoms with E-state index in [1.54, 1.807) is 0 Å². The maximum atomic E-state index is 13.0. The highest BCUT2D eigenvalue weighted by Gasteiger charge is 2.16. The zero-order valence-corrected chi connectivity index (χ0v) is 10.2. The molecule has 0 spiro atoms. The van der Waals surface area contributed by atoms with Gasteiger partial charge >= 0.3 is 0 Å². The van der Waals surface area contributed by atoms with Crippen LogP contribution in [0.25, 0.3) is 0 Å². The van der Waals surface area contributed by atoms with Gasteiger partial charge in [-0.15, -0.1) is 0 Å². The molecular formula is C14H17F2NO. The second kappa shape index (κ2) is 6.05. The first-order chi connectivity index (χ1) is 8.63. The summed E-state index contributed by atoms with van der Waals surface area (Å²) in [6.07, 6.45) is 2.59. The van der Waals surface area contributed by atoms with Crippen molar-refractivity contribution in [2.45, 2.75) is 25.7 Å². The molecule has 1 heterocycles. The van der Waals surface area contributed by atoms with Crippen molar-refractivity contribution in [3.8, 4) is 0 Å². The lowest BCUT2D eigenvalue weighted by atomic mass is 9.98. The summed E-state index contributed by atoms with van der Waals surface area (Å²) in [7, 11) is 0. The summed E-state index contributed by atoms with van der Waals surface area (Å²) >= 11 is 0. The van der Waals surface area contributed by atoms with Gasteiger partial charge in [0.25, 0.3) is 0 Å². The zero-order chi connectivity index (χ0) is 13.0. The second-order valence-corrected chi connectivity index (χ2v) is 4.89. The number of carbonyl (C=O) groups excluding carboxylic acids is 1. The minimum absolute atomic E-state index is 0.0481. The highest BCUT2D eigenvalue weighted by Crippen LogP contribution is 2.16. The number of carbonyl (C=O) groups is 1. The highest BCUT2D eigenvalue weighted by molar-refractivity contribution is 5.80. The average molecular weight is 253 g/mol. The van der Waals surface area contributed by atoms with E-state index in [-0.39, 0.29) is 12.2 Å². The van der Waals surface area contributed by atoms with Crippen LogP contribution in [0.3, 0.4) is 0 Å². The molecule has 0 bridgehead atoms. The first kappa shape index (κ1) is 13.1. The van der Waals surface area contributed by atoms with Crippen LogP contribution in [-0.2, 0) is 11.2 Å². The van der Waals surface area contributed by atoms with Gasteiger partial charge in [-0.05, 0) is 49.5 Å². The van der Waals surface area contributed by atoms with Gasteiger partial charge in [-0.2, -0.15) is 0 Å². The van der Waals surface area contributed by atoms with E-state index >= 15 is 0 Å². The fraction of sp³-hybridized carbons (Fsp3) is 0.500. The van der Waals surface area contributed by atoms with Crippen molar-refractivity contribution < 1.29 is 13.6 Å². The first-order valence-electron chi connectivity index (χ1n) is 6.31. The van der Waals surface area contributed by atoms with Crippen molar-refractivity contribution in [1.29, 1.82) is 0 Å². The molecule has 0 aromatic heterocycles. The van der Waals surface area contributed by atoms with E-state index in [0.29, 0.717) is 17.9 Å². The fourth-order valence-corrected chi connectivity index (χ4v) is 2.36. The normalized spacial score (nSPS) is 19.1. The number of hydrogen-bond donors (Lipinski definition) is 1. The van der Waals surface area contributed by atoms with E-state index in [9.17, 15) is 13.6 Å². The van der Waals surface area contributed by atoms with Crippen molar-refractivity contribution in [1.82, 2.24) is 5.32 Å². The number of halogens is 2. The summed E-state index contributed by atoms with van der Waals surface area (Å²) in [4.78, 5) is 11.7. The van der Waals surface area contributed by atoms with E-state index in [1.165, 1.54) is 12.1 Å². The Labute approximate surface area is 105 Å². The van der Waals surface area contributed by atoms with Gasteiger partial charge in [-0.25, -0.2) is 8.78 Å². The molecule has 98 valence electrons. The van der Waals surface area contributed by atoms with E-state index < -0.39 is 11.6 Å². The first-order valence-corrected chi connectivity index (χ1v) is 6.31. The molecule has 1 fully saturated rings. The summed E-state index contributed by atoms with van der Waals surface area (Å²) in [6.45, 7) is 2.00. The summed E-state index contributed by atoms with van der Waals surface area (Å²) in [5.41, 5.74) is 0.419. The van der Waals surface area contributed by atoms with Crippen molar-refractivity contribution in [3.05, 3.63) is 35.4 Å². The molecule has 1 aliphatic rings. The third-order valence-corrected chi connectivity index (χ3v) is 3.32. The second-order valence-electron chi connectivity index (χ2n) is 4.89. The molecule has 1 atom stereocenters. The Morgan fingerprint density at radius 3 is 2.61 bits per heavy atom. The maximum Gasteiger partial charge on any atom is 0.137 e. The van der Waals surface area contributed by atoms with E-state index in [0.717, 1.165) is 32.0 Å². The summed E-state index contributed by atoms with van der Waals surface area (Å²) in [5.74, 6) is -0.638. The standard InChI is InChI=1S/C14H17F2NO/c15-12-5-11(6-13(16)8-12)7-14(18)2-1-10-3-4-17-9-10/h5-6,8,10,17H,1-4,7,9H2. The predicted molar refractivity (Wildman–Crippen MR) is 65.3 cm³/mol. The summed E-state index contributed by atoms with van der Waals surface area (Å²) < 4.78 is 25.9. The third-order valence-electron chi connectivity index (χ3n) is 3.32. The molecule has 4 heteroatoms. The lowest BCUT2D eigenvalue weighted by Gasteiger charge is -2.07. The molecule has 1 saturated heterocycles. The van der Waals surface area contributed by atoms with Crippen LogP contribution in [-0.4, -0.2) is 18.9 Å². The van der Waals surface area contributed by atoms with Crippen molar-refractivity contribution in [2.75, 3.05) is 13.1 Å². The van der Waals surface area contributed by atoms with Gasteiger partial charge < -0.3 is 5.32 Å². The van der Waals surface area contributed by atoms with E-state index in [4.69, 9.17) is 0 Å². The van der Waals surface area contributed by atoms with Crippen molar-refractivity contribution in [3.63, 3.8) is 0 Å². The number of ketones is 1. The van der Waals surface area contributed by atoms with Crippen LogP contribution in [0.4, 0.5) is 8.78 Å². The minimum Gasteiger partial charge on any atom is -0.316 e. The van der Waals surface area contributed by atoms with Crippen LogP contribution in [0.5, 0.6) is 0 Å². The van der Waals surface area contributed by atoms with Crippen LogP contribution < -0.4 is 5.32 Å². The van der Waals surface area contributed by atoms with Crippen LogP contribution >= 0.6 is 0 Å². The molecule has 1 unspecified atom stereocenters. The van der Waals surface area contributed by atoms with Gasteiger partial charge in [0.05, 0.1) is 0 Å². The molecule has 1 aromatic rings. The molecule has 1 N–H and O–H groups in total. The molecule has 0 aliphatic carbocycles. The van der Waals surface area contributed by atoms with Gasteiger partial charge in [-0.3, -0.25) is 4.79 Å². The molecule has 2 nitrogen and oxygen atoms in total. The van der Waals surface area contributed by atoms with Crippen LogP contribution in [0, 0.1) is 17.6 Å². The molecule has 18 heavy (non-hydrogen) atoms. The monoisotopic (exact) mass is 253 g/mol. The number of nitrogens with one attached hydrogen (secondary N) is 1. The van der Waals surface area contributed by atoms with Gasteiger partial charge in [0, 0.05) is 18.9 Å². The lowest BCUT2D eigenvalue weighted by Crippen LogP contribution is -2.11. The van der Waals surface area contributed by atoms with E-state index in [2.05, 4.69) is 5.32 Å². The molecule has 0 saturated carbocycles. The number of hydrogen-bond acceptors (Lipinski definition) is 2. The smallest absolute Gasteiger partial charge is 0.137 e. The Morgan fingerprint density at radius 1 is 1.28 bits per heavy atom. The molecule has 0 amide bonds. The maximum absolute atomic E-state index is 13.0. The minimum atomic E-state index is -0.627. The van der Waals surface area contributed by atoms with Gasteiger partial charge in [0.1, 0.15) is 17.4 Å². The average Bonchev–Trinajstić information content (AvgIpc) is 2.77. The number of benzene rings is 1. The molecular weight excluding hydrogens is 236 g/mol. The van der Waals surface area contributed by atoms with Gasteiger partial charge in [0.2, 0.25) is 0 Å². The quantitative estimate of drug-likeness (QED) is 0.873. The largest absolute Gasteiger partial charge is 0.316 e. The Morgan fingerprint density at radius 2 is 2.00 bits per heavy atom. The predicted octanol–water partition coefficient (Wildman–Crippen LogP) is 2.47. The van der Waals surface area contributed by atoms with Crippen molar-refractivity contribution in [2.24, 2.45) is 5.92 Å². The SMILES string of the molecule is O=C(CCC1CCNC1)Cc1cc(F)cc(F)c1. The molecule has 0 radical (unpaired) electrons. The number of Topliss-reactive ketones (excluding diaryl/α,β-unsaturated/α-hetero) is 1. The molecule has 1 aromatic carbocycles. The van der Waals surface area contributed by atoms with Gasteiger partial charge in [-0.1, -0.05) is 0 Å². The summed E-state index contributed by atoms with van der Waals surface area (Å²) in [5, 5.41) is 3.25. The molecule has 2 rings (SSSR count). The Balaban J connectivity index is 1.82. The topological polar surface area (TPSA) is 29.1 Å². The van der Waals surface area contributed by atoms with Crippen LogP contribution in [0.1, 0.15) is 24.8 Å². The van der Waals surface area contributed by atoms with Crippen LogP contribution in [0.15, 0.2) is 18.2 Å². The summed E-state index contributed by atoms with van der Waals surface area (Å²) in [6, 6.07) is 3.26. The zero-order valence-electron chi connectivity index (χ0n) is 10.2. The Hall–Kier alpha value is -1.29. The molecule has 1 aliphatic heterocycles. The van der Waals surface area contributed by atoms with Crippen LogP contribution in [0.2, 0.25) is 0 Å². The van der Waals surface area contributed by atoms with Gasteiger partial charge in [0.15, 0.2) is 0 Å². The lowest BCUT2D eigenvalue weighted by molar-refractivity contribution is -0.118. The Bertz CT molecular complexity index is 408. The highest BCUT2D eigenvalue weighted by atomic mass is 19.1. The fourth-order valence-electron chi connectivity index (χ4n) is 2.36. The number of rotatable bonds is 5. The third kappa shape index (κ3) is 3.88.